The van der Waals surface area contributed by atoms with Crippen LogP contribution < -0.4 is 16.0 Å². The number of urea groups is 1. The highest BCUT2D eigenvalue weighted by atomic mass is 19.1. The van der Waals surface area contributed by atoms with Crippen molar-refractivity contribution in [2.45, 2.75) is 45.4 Å². The van der Waals surface area contributed by atoms with Crippen LogP contribution >= 0.6 is 0 Å². The average Bonchev–Trinajstić information content (AvgIpc) is 3.21. The summed E-state index contributed by atoms with van der Waals surface area (Å²) in [6.07, 6.45) is -0.131. The highest BCUT2D eigenvalue weighted by molar-refractivity contribution is 5.89. The van der Waals surface area contributed by atoms with Gasteiger partial charge in [-0.1, -0.05) is 24.3 Å². The third kappa shape index (κ3) is 6.71. The van der Waals surface area contributed by atoms with Gasteiger partial charge in [0.05, 0.1) is 6.42 Å². The second kappa shape index (κ2) is 9.93. The van der Waals surface area contributed by atoms with E-state index in [-0.39, 0.29) is 48.6 Å². The highest BCUT2D eigenvalue weighted by Crippen LogP contribution is 2.45. The molecule has 4 amide bonds. The van der Waals surface area contributed by atoms with E-state index in [2.05, 4.69) is 16.0 Å². The molecule has 2 fully saturated rings. The lowest BCUT2D eigenvalue weighted by atomic mass is 10.1. The Morgan fingerprint density at radius 1 is 0.971 bits per heavy atom. The number of carbonyl (C=O) groups is 3. The van der Waals surface area contributed by atoms with Crippen LogP contribution in [0.4, 0.5) is 19.7 Å². The number of hydrogen-bond donors (Lipinski definition) is 3. The van der Waals surface area contributed by atoms with Crippen LogP contribution in [0.1, 0.15) is 31.9 Å². The molecule has 9 heteroatoms. The first-order valence-corrected chi connectivity index (χ1v) is 11.7. The predicted octanol–water partition coefficient (Wildman–Crippen LogP) is 3.67. The Morgan fingerprint density at radius 3 is 2.17 bits per heavy atom. The van der Waals surface area contributed by atoms with Gasteiger partial charge in [-0.3, -0.25) is 4.79 Å². The molecule has 1 aliphatic heterocycles. The lowest BCUT2D eigenvalue weighted by Crippen LogP contribution is -2.40. The van der Waals surface area contributed by atoms with E-state index in [0.29, 0.717) is 18.8 Å². The number of nitrogens with one attached hydrogen (secondary N) is 3. The van der Waals surface area contributed by atoms with Crippen molar-refractivity contribution in [1.29, 1.82) is 0 Å². The van der Waals surface area contributed by atoms with Crippen LogP contribution in [0.2, 0.25) is 0 Å². The summed E-state index contributed by atoms with van der Waals surface area (Å²) in [5.41, 5.74) is 1.73. The molecule has 0 radical (unpaired) electrons. The maximum Gasteiger partial charge on any atom is 0.407 e. The van der Waals surface area contributed by atoms with Crippen LogP contribution in [0.3, 0.4) is 0 Å². The molecule has 186 valence electrons. The number of amides is 4. The number of anilines is 1. The summed E-state index contributed by atoms with van der Waals surface area (Å²) in [4.78, 5) is 38.6. The van der Waals surface area contributed by atoms with Crippen molar-refractivity contribution >= 4 is 23.7 Å². The quantitative estimate of drug-likeness (QED) is 0.585. The van der Waals surface area contributed by atoms with Gasteiger partial charge in [0.25, 0.3) is 0 Å². The first kappa shape index (κ1) is 24.5. The normalized spacial score (nSPS) is 20.6. The van der Waals surface area contributed by atoms with Gasteiger partial charge in [0.15, 0.2) is 0 Å². The van der Waals surface area contributed by atoms with Crippen LogP contribution in [0.5, 0.6) is 0 Å². The molecular weight excluding hydrogens is 451 g/mol. The Labute approximate surface area is 204 Å². The molecule has 0 unspecified atom stereocenters. The molecule has 35 heavy (non-hydrogen) atoms. The van der Waals surface area contributed by atoms with Gasteiger partial charge >= 0.3 is 12.1 Å². The molecule has 2 aromatic carbocycles. The second-order valence-electron chi connectivity index (χ2n) is 10.1. The molecule has 0 bridgehead atoms. The van der Waals surface area contributed by atoms with E-state index in [1.54, 1.807) is 24.3 Å². The molecule has 2 aromatic rings. The number of halogens is 1. The zero-order valence-electron chi connectivity index (χ0n) is 20.1. The van der Waals surface area contributed by atoms with Crippen LogP contribution in [0.25, 0.3) is 0 Å². The minimum Gasteiger partial charge on any atom is -0.444 e. The smallest absolute Gasteiger partial charge is 0.407 e. The average molecular weight is 483 g/mol. The maximum atomic E-state index is 13.0. The number of likely N-dealkylation sites (tertiary alicyclic amines) is 1. The SMILES string of the molecule is CC(C)(C)OC(=O)N[C@H]1[C@@H]2CN(C(=O)Cc3ccc(NC(=O)NCc4ccc(F)cc4)cc3)C[C@@H]21. The number of benzene rings is 2. The van der Waals surface area contributed by atoms with E-state index in [1.807, 2.05) is 37.8 Å². The van der Waals surface area contributed by atoms with Gasteiger partial charge in [0.1, 0.15) is 11.4 Å². The summed E-state index contributed by atoms with van der Waals surface area (Å²) in [5.74, 6) is 0.293. The van der Waals surface area contributed by atoms with Crippen LogP contribution in [-0.2, 0) is 22.5 Å². The monoisotopic (exact) mass is 482 g/mol. The summed E-state index contributed by atoms with van der Waals surface area (Å²) in [7, 11) is 0. The van der Waals surface area contributed by atoms with Gasteiger partial charge < -0.3 is 25.6 Å². The largest absolute Gasteiger partial charge is 0.444 e. The number of rotatable bonds is 6. The first-order valence-electron chi connectivity index (χ1n) is 11.7. The van der Waals surface area contributed by atoms with Gasteiger partial charge in [0.2, 0.25) is 5.91 Å². The number of alkyl carbamates (subject to hydrolysis) is 1. The molecule has 0 aromatic heterocycles. The van der Waals surface area contributed by atoms with Crippen molar-refractivity contribution in [3.63, 3.8) is 0 Å². The topological polar surface area (TPSA) is 99.8 Å². The first-order chi connectivity index (χ1) is 16.6. The van der Waals surface area contributed by atoms with Crippen LogP contribution in [0.15, 0.2) is 48.5 Å². The minimum absolute atomic E-state index is 0.0472. The number of fused-ring (bicyclic) bond motifs is 1. The van der Waals surface area contributed by atoms with Gasteiger partial charge in [-0.05, 0) is 56.2 Å². The molecule has 3 N–H and O–H groups in total. The molecule has 1 saturated carbocycles. The molecule has 1 aliphatic carbocycles. The third-order valence-electron chi connectivity index (χ3n) is 6.16. The maximum absolute atomic E-state index is 13.0. The standard InChI is InChI=1S/C26H31FN4O4/c1-26(2,3)35-25(34)30-23-20-14-31(15-21(20)23)22(32)12-16-6-10-19(11-7-16)29-24(33)28-13-17-4-8-18(27)9-5-17/h4-11,20-21,23H,12-15H2,1-3H3,(H,30,34)(H2,28,29,33)/t20-,21+,23+. The fourth-order valence-corrected chi connectivity index (χ4v) is 4.34. The molecule has 0 spiro atoms. The minimum atomic E-state index is -0.533. The number of nitrogens with zero attached hydrogens (tertiary/aromatic N) is 1. The molecule has 3 atom stereocenters. The van der Waals surface area contributed by atoms with Gasteiger partial charge in [-0.25, -0.2) is 14.0 Å². The number of hydrogen-bond acceptors (Lipinski definition) is 4. The Hall–Kier alpha value is -3.62. The zero-order valence-corrected chi connectivity index (χ0v) is 20.1. The van der Waals surface area contributed by atoms with Crippen molar-refractivity contribution in [3.8, 4) is 0 Å². The van der Waals surface area contributed by atoms with E-state index in [9.17, 15) is 18.8 Å². The lowest BCUT2D eigenvalue weighted by molar-refractivity contribution is -0.130. The van der Waals surface area contributed by atoms with Gasteiger partial charge in [-0.15, -0.1) is 0 Å². The summed E-state index contributed by atoms with van der Waals surface area (Å²) in [6.45, 7) is 7.04. The second-order valence-corrected chi connectivity index (χ2v) is 10.1. The summed E-state index contributed by atoms with van der Waals surface area (Å²) >= 11 is 0. The van der Waals surface area contributed by atoms with E-state index in [4.69, 9.17) is 4.74 Å². The lowest BCUT2D eigenvalue weighted by Gasteiger charge is -2.22. The van der Waals surface area contributed by atoms with Crippen molar-refractivity contribution < 1.29 is 23.5 Å². The molecule has 1 saturated heterocycles. The predicted molar refractivity (Wildman–Crippen MR) is 129 cm³/mol. The molecule has 8 nitrogen and oxygen atoms in total. The number of ether oxygens (including phenoxy) is 1. The van der Waals surface area contributed by atoms with Crippen molar-refractivity contribution in [2.75, 3.05) is 18.4 Å². The van der Waals surface area contributed by atoms with E-state index >= 15 is 0 Å². The summed E-state index contributed by atoms with van der Waals surface area (Å²) in [5, 5.41) is 8.37. The van der Waals surface area contributed by atoms with Gasteiger partial charge in [0, 0.05) is 43.2 Å². The highest BCUT2D eigenvalue weighted by Gasteiger charge is 2.57. The van der Waals surface area contributed by atoms with Crippen LogP contribution in [-0.4, -0.2) is 47.7 Å². The number of piperidine rings is 1. The van der Waals surface area contributed by atoms with E-state index in [0.717, 1.165) is 11.1 Å². The fourth-order valence-electron chi connectivity index (χ4n) is 4.34. The Kier molecular flexibility index (Phi) is 6.95. The van der Waals surface area contributed by atoms with Crippen molar-refractivity contribution in [2.24, 2.45) is 11.8 Å². The van der Waals surface area contributed by atoms with E-state index < -0.39 is 11.7 Å². The Morgan fingerprint density at radius 2 is 1.57 bits per heavy atom. The van der Waals surface area contributed by atoms with Crippen molar-refractivity contribution in [1.82, 2.24) is 15.5 Å². The van der Waals surface area contributed by atoms with Gasteiger partial charge in [-0.2, -0.15) is 0 Å². The molecule has 4 rings (SSSR count). The van der Waals surface area contributed by atoms with Crippen molar-refractivity contribution in [3.05, 3.63) is 65.5 Å². The summed E-state index contributed by atoms with van der Waals surface area (Å²) in [6, 6.07) is 12.8. The Balaban J connectivity index is 1.18. The molecule has 2 aliphatic rings. The third-order valence-corrected chi connectivity index (χ3v) is 6.16. The Bertz CT molecular complexity index is 1070. The molecule has 1 heterocycles. The molecular formula is C26H31FN4O4. The van der Waals surface area contributed by atoms with E-state index in [1.165, 1.54) is 12.1 Å². The number of carbonyl (C=O) groups excluding carboxylic acids is 3. The van der Waals surface area contributed by atoms with Crippen LogP contribution in [0, 0.1) is 17.7 Å². The zero-order chi connectivity index (χ0) is 25.2. The fraction of sp³-hybridized carbons (Fsp3) is 0.423. The summed E-state index contributed by atoms with van der Waals surface area (Å²) < 4.78 is 18.3.